The fraction of sp³-hybridized carbons (Fsp3) is 0.500. The van der Waals surface area contributed by atoms with E-state index in [1.807, 2.05) is 17.9 Å². The summed E-state index contributed by atoms with van der Waals surface area (Å²) in [6.45, 7) is 0. The minimum absolute atomic E-state index is 0.00150. The Morgan fingerprint density at radius 1 is 1.33 bits per heavy atom. The Morgan fingerprint density at radius 3 is 2.62 bits per heavy atom. The molecule has 2 aliphatic rings. The van der Waals surface area contributed by atoms with Crippen LogP contribution >= 0.6 is 11.6 Å². The number of hydrogen-bond donors (Lipinski definition) is 0. The van der Waals surface area contributed by atoms with Crippen LogP contribution in [0.2, 0.25) is 5.02 Å². The number of nitro groups is 1. The van der Waals surface area contributed by atoms with E-state index in [1.165, 1.54) is 18.0 Å². The number of aromatic nitrogens is 3. The summed E-state index contributed by atoms with van der Waals surface area (Å²) >= 11 is 5.90. The van der Waals surface area contributed by atoms with Crippen LogP contribution < -0.4 is 4.90 Å². The molecule has 0 saturated carbocycles. The van der Waals surface area contributed by atoms with Crippen LogP contribution in [0.5, 0.6) is 0 Å². The summed E-state index contributed by atoms with van der Waals surface area (Å²) in [5.41, 5.74) is 1.24. The second-order valence-electron chi connectivity index (χ2n) is 6.59. The Balaban J connectivity index is 1.66. The number of hydrogen-bond acceptors (Lipinski definition) is 5. The van der Waals surface area contributed by atoms with Crippen LogP contribution in [-0.2, 0) is 7.05 Å². The number of anilines is 1. The van der Waals surface area contributed by atoms with Gasteiger partial charge in [-0.2, -0.15) is 5.10 Å². The molecule has 0 aromatic carbocycles. The van der Waals surface area contributed by atoms with Crippen LogP contribution in [0.25, 0.3) is 0 Å². The first-order valence-electron chi connectivity index (χ1n) is 8.10. The predicted octanol–water partition coefficient (Wildman–Crippen LogP) is 3.29. The molecule has 126 valence electrons. The topological polar surface area (TPSA) is 77.1 Å². The third kappa shape index (κ3) is 2.43. The Bertz CT molecular complexity index is 779. The van der Waals surface area contributed by atoms with Crippen LogP contribution in [0.3, 0.4) is 0 Å². The average Bonchev–Trinajstić information content (AvgIpc) is 3.08. The summed E-state index contributed by atoms with van der Waals surface area (Å²) in [6.07, 6.45) is 7.35. The maximum atomic E-state index is 11.4. The zero-order valence-electron chi connectivity index (χ0n) is 13.3. The summed E-state index contributed by atoms with van der Waals surface area (Å²) in [4.78, 5) is 17.5. The van der Waals surface area contributed by atoms with Gasteiger partial charge in [0, 0.05) is 49.2 Å². The first-order valence-corrected chi connectivity index (χ1v) is 8.48. The summed E-state index contributed by atoms with van der Waals surface area (Å²) in [5, 5.41) is 16.0. The molecule has 2 atom stereocenters. The summed E-state index contributed by atoms with van der Waals surface area (Å²) < 4.78 is 1.93. The van der Waals surface area contributed by atoms with Crippen molar-refractivity contribution < 1.29 is 4.92 Å². The number of rotatable bonds is 3. The maximum absolute atomic E-state index is 11.4. The third-order valence-corrected chi connectivity index (χ3v) is 5.47. The minimum Gasteiger partial charge on any atom is -0.345 e. The van der Waals surface area contributed by atoms with Crippen molar-refractivity contribution in [3.05, 3.63) is 45.4 Å². The van der Waals surface area contributed by atoms with Gasteiger partial charge in [0.2, 0.25) is 5.82 Å². The van der Waals surface area contributed by atoms with E-state index in [0.717, 1.165) is 25.7 Å². The molecule has 2 aromatic rings. The van der Waals surface area contributed by atoms with Crippen molar-refractivity contribution in [2.75, 3.05) is 4.90 Å². The highest BCUT2D eigenvalue weighted by atomic mass is 35.5. The minimum atomic E-state index is -0.388. The monoisotopic (exact) mass is 347 g/mol. The summed E-state index contributed by atoms with van der Waals surface area (Å²) in [5.74, 6) is 0.901. The van der Waals surface area contributed by atoms with Crippen LogP contribution in [0.4, 0.5) is 11.5 Å². The van der Waals surface area contributed by atoms with Gasteiger partial charge in [0.1, 0.15) is 0 Å². The summed E-state index contributed by atoms with van der Waals surface area (Å²) in [7, 11) is 1.97. The van der Waals surface area contributed by atoms with Crippen molar-refractivity contribution in [1.29, 1.82) is 0 Å². The second-order valence-corrected chi connectivity index (χ2v) is 7.03. The van der Waals surface area contributed by atoms with E-state index in [-0.39, 0.29) is 22.7 Å². The smallest absolute Gasteiger partial charge is 0.313 e. The normalized spacial score (nSPS) is 25.9. The lowest BCUT2D eigenvalue weighted by atomic mass is 9.88. The van der Waals surface area contributed by atoms with Gasteiger partial charge in [0.05, 0.1) is 9.95 Å². The van der Waals surface area contributed by atoms with E-state index in [2.05, 4.69) is 21.0 Å². The molecular formula is C16H18ClN5O2. The van der Waals surface area contributed by atoms with Gasteiger partial charge in [-0.3, -0.25) is 14.8 Å². The maximum Gasteiger partial charge on any atom is 0.313 e. The van der Waals surface area contributed by atoms with Crippen LogP contribution in [0.15, 0.2) is 24.5 Å². The lowest BCUT2D eigenvalue weighted by Crippen LogP contribution is -2.43. The lowest BCUT2D eigenvalue weighted by molar-refractivity contribution is -0.384. The molecule has 2 aliphatic heterocycles. The largest absolute Gasteiger partial charge is 0.345 e. The quantitative estimate of drug-likeness (QED) is 0.629. The Kier molecular flexibility index (Phi) is 3.68. The van der Waals surface area contributed by atoms with Gasteiger partial charge in [-0.25, -0.2) is 4.98 Å². The Labute approximate surface area is 144 Å². The molecule has 2 saturated heterocycles. The number of fused-ring (bicyclic) bond motifs is 2. The lowest BCUT2D eigenvalue weighted by Gasteiger charge is -2.39. The molecule has 4 rings (SSSR count). The molecule has 4 heterocycles. The highest BCUT2D eigenvalue weighted by Gasteiger charge is 2.44. The van der Waals surface area contributed by atoms with E-state index < -0.39 is 0 Å². The Hall–Kier alpha value is -2.15. The number of piperidine rings is 1. The van der Waals surface area contributed by atoms with Crippen LogP contribution in [0.1, 0.15) is 37.3 Å². The summed E-state index contributed by atoms with van der Waals surface area (Å²) in [6, 6.07) is 4.02. The SMILES string of the molecule is Cn1nccc1C1CC2CCC(C1)N2c1ncc(Cl)cc1[N+](=O)[O-]. The number of nitrogens with zero attached hydrogens (tertiary/aromatic N) is 5. The van der Waals surface area contributed by atoms with Gasteiger partial charge in [-0.1, -0.05) is 11.6 Å². The van der Waals surface area contributed by atoms with Gasteiger partial charge in [0.25, 0.3) is 0 Å². The van der Waals surface area contributed by atoms with Gasteiger partial charge >= 0.3 is 5.69 Å². The third-order valence-electron chi connectivity index (χ3n) is 5.27. The fourth-order valence-corrected chi connectivity index (χ4v) is 4.46. The molecule has 0 spiro atoms. The predicted molar refractivity (Wildman–Crippen MR) is 90.4 cm³/mol. The van der Waals surface area contributed by atoms with E-state index >= 15 is 0 Å². The van der Waals surface area contributed by atoms with E-state index in [1.54, 1.807) is 0 Å². The van der Waals surface area contributed by atoms with Crippen molar-refractivity contribution in [2.45, 2.75) is 43.7 Å². The first kappa shape index (κ1) is 15.4. The molecule has 24 heavy (non-hydrogen) atoms. The molecule has 0 amide bonds. The fourth-order valence-electron chi connectivity index (χ4n) is 4.30. The van der Waals surface area contributed by atoms with Crippen molar-refractivity contribution >= 4 is 23.1 Å². The molecule has 0 N–H and O–H groups in total. The molecule has 2 unspecified atom stereocenters. The van der Waals surface area contributed by atoms with Crippen molar-refractivity contribution in [1.82, 2.24) is 14.8 Å². The van der Waals surface area contributed by atoms with Crippen LogP contribution in [-0.4, -0.2) is 31.8 Å². The highest BCUT2D eigenvalue weighted by molar-refractivity contribution is 6.30. The second kappa shape index (κ2) is 5.73. The highest BCUT2D eigenvalue weighted by Crippen LogP contribution is 2.46. The van der Waals surface area contributed by atoms with E-state index in [4.69, 9.17) is 11.6 Å². The number of pyridine rings is 1. The van der Waals surface area contributed by atoms with Gasteiger partial charge < -0.3 is 4.90 Å². The van der Waals surface area contributed by atoms with Gasteiger partial charge in [-0.15, -0.1) is 0 Å². The van der Waals surface area contributed by atoms with Gasteiger partial charge in [0.15, 0.2) is 0 Å². The molecule has 0 radical (unpaired) electrons. The average molecular weight is 348 g/mol. The standard InChI is InChI=1S/C16H18ClN5O2/c1-20-14(4-5-19-20)10-6-12-2-3-13(7-10)21(12)16-15(22(23)24)8-11(17)9-18-16/h4-5,8-10,12-13H,2-3,6-7H2,1H3. The number of halogens is 1. The molecule has 8 heteroatoms. The molecule has 2 bridgehead atoms. The van der Waals surface area contributed by atoms with Crippen molar-refractivity contribution in [3.63, 3.8) is 0 Å². The van der Waals surface area contributed by atoms with Gasteiger partial charge in [-0.05, 0) is 31.7 Å². The van der Waals surface area contributed by atoms with Crippen molar-refractivity contribution in [3.8, 4) is 0 Å². The van der Waals surface area contributed by atoms with E-state index in [9.17, 15) is 10.1 Å². The number of aryl methyl sites for hydroxylation is 1. The zero-order valence-corrected chi connectivity index (χ0v) is 14.1. The molecule has 7 nitrogen and oxygen atoms in total. The molecule has 2 aromatic heterocycles. The zero-order chi connectivity index (χ0) is 16.8. The van der Waals surface area contributed by atoms with Crippen LogP contribution in [0, 0.1) is 10.1 Å². The van der Waals surface area contributed by atoms with E-state index in [0.29, 0.717) is 16.8 Å². The molecular weight excluding hydrogens is 330 g/mol. The molecule has 0 aliphatic carbocycles. The molecule has 2 fully saturated rings. The first-order chi connectivity index (χ1) is 11.5. The van der Waals surface area contributed by atoms with Crippen molar-refractivity contribution in [2.24, 2.45) is 7.05 Å². The Morgan fingerprint density at radius 2 is 2.04 bits per heavy atom.